The van der Waals surface area contributed by atoms with Crippen molar-refractivity contribution in [3.8, 4) is 11.5 Å². The minimum Gasteiger partial charge on any atom is -0.486 e. The summed E-state index contributed by atoms with van der Waals surface area (Å²) in [5, 5.41) is 19.2. The van der Waals surface area contributed by atoms with Crippen molar-refractivity contribution in [3.63, 3.8) is 0 Å². The second-order valence-electron chi connectivity index (χ2n) is 6.87. The Labute approximate surface area is 148 Å². The minimum absolute atomic E-state index is 0.139. The number of fused-ring (bicyclic) bond motifs is 1. The molecule has 1 aromatic rings. The summed E-state index contributed by atoms with van der Waals surface area (Å²) in [7, 11) is 0. The van der Waals surface area contributed by atoms with E-state index in [0.29, 0.717) is 26.4 Å². The van der Waals surface area contributed by atoms with Crippen molar-refractivity contribution in [2.45, 2.75) is 12.2 Å². The molecule has 0 saturated carbocycles. The Hall–Kier alpha value is -1.38. The summed E-state index contributed by atoms with van der Waals surface area (Å²) in [6.45, 7) is 7.14. The summed E-state index contributed by atoms with van der Waals surface area (Å²) < 4.78 is 17.1. The van der Waals surface area contributed by atoms with Gasteiger partial charge < -0.3 is 34.2 Å². The first-order valence-corrected chi connectivity index (χ1v) is 9.17. The van der Waals surface area contributed by atoms with Gasteiger partial charge in [0.2, 0.25) is 0 Å². The Balaban J connectivity index is 1.30. The van der Waals surface area contributed by atoms with Gasteiger partial charge in [-0.2, -0.15) is 0 Å². The average molecular weight is 354 g/mol. The van der Waals surface area contributed by atoms with Crippen LogP contribution in [0.2, 0.25) is 0 Å². The molecule has 0 aromatic heterocycles. The molecule has 0 aliphatic carbocycles. The van der Waals surface area contributed by atoms with Gasteiger partial charge in [-0.1, -0.05) is 12.1 Å². The highest BCUT2D eigenvalue weighted by atomic mass is 16.6. The van der Waals surface area contributed by atoms with Crippen LogP contribution in [-0.4, -0.2) is 88.1 Å². The van der Waals surface area contributed by atoms with Crippen molar-refractivity contribution >= 4 is 0 Å². The number of hydrogen-bond acceptors (Lipinski definition) is 5. The molecule has 2 unspecified atom stereocenters. The van der Waals surface area contributed by atoms with Crippen molar-refractivity contribution in [3.05, 3.63) is 24.3 Å². The Morgan fingerprint density at radius 1 is 1.12 bits per heavy atom. The predicted octanol–water partition coefficient (Wildman–Crippen LogP) is -3.02. The van der Waals surface area contributed by atoms with Crippen molar-refractivity contribution in [1.29, 1.82) is 0 Å². The third kappa shape index (κ3) is 5.55. The standard InChI is InChI=1S/C18H28N2O5/c21-10-9-19-5-7-20(8-6-19)11-15(22)12-23-13-16-14-24-17-3-1-2-4-18(17)25-16/h1-4,15-16,21-22H,5-14H2/p+2. The molecular weight excluding hydrogens is 324 g/mol. The maximum atomic E-state index is 10.2. The average Bonchev–Trinajstić information content (AvgIpc) is 2.63. The van der Waals surface area contributed by atoms with Crippen LogP contribution >= 0.6 is 0 Å². The van der Waals surface area contributed by atoms with Gasteiger partial charge in [0, 0.05) is 0 Å². The van der Waals surface area contributed by atoms with Crippen LogP contribution in [0.25, 0.3) is 0 Å². The topological polar surface area (TPSA) is 77.0 Å². The van der Waals surface area contributed by atoms with Crippen molar-refractivity contribution < 1.29 is 34.2 Å². The van der Waals surface area contributed by atoms with Gasteiger partial charge in [-0.25, -0.2) is 0 Å². The molecule has 0 spiro atoms. The maximum Gasteiger partial charge on any atom is 0.161 e. The molecule has 3 rings (SSSR count). The van der Waals surface area contributed by atoms with Crippen LogP contribution in [0, 0.1) is 0 Å². The number of ether oxygens (including phenoxy) is 3. The molecule has 140 valence electrons. The fourth-order valence-electron chi connectivity index (χ4n) is 3.44. The van der Waals surface area contributed by atoms with E-state index in [9.17, 15) is 5.11 Å². The summed E-state index contributed by atoms with van der Waals surface area (Å²) in [6.07, 6.45) is -0.605. The number of nitrogens with one attached hydrogen (secondary N) is 2. The van der Waals surface area contributed by atoms with E-state index >= 15 is 0 Å². The molecule has 2 atom stereocenters. The molecule has 2 aliphatic rings. The highest BCUT2D eigenvalue weighted by Crippen LogP contribution is 2.30. The number of aliphatic hydroxyl groups is 2. The van der Waals surface area contributed by atoms with E-state index in [0.717, 1.165) is 44.2 Å². The first-order valence-electron chi connectivity index (χ1n) is 9.17. The smallest absolute Gasteiger partial charge is 0.161 e. The Morgan fingerprint density at radius 2 is 1.84 bits per heavy atom. The zero-order valence-electron chi connectivity index (χ0n) is 14.7. The quantitative estimate of drug-likeness (QED) is 0.400. The monoisotopic (exact) mass is 354 g/mol. The maximum absolute atomic E-state index is 10.2. The lowest BCUT2D eigenvalue weighted by molar-refractivity contribution is -1.01. The number of piperazine rings is 1. The number of quaternary nitrogens is 2. The number of benzene rings is 1. The van der Waals surface area contributed by atoms with Gasteiger partial charge in [0.1, 0.15) is 52.0 Å². The molecule has 1 saturated heterocycles. The lowest BCUT2D eigenvalue weighted by atomic mass is 10.2. The summed E-state index contributed by atoms with van der Waals surface area (Å²) in [4.78, 5) is 2.86. The number of rotatable bonds is 8. The molecular formula is C18H30N2O5+2. The highest BCUT2D eigenvalue weighted by Gasteiger charge is 2.25. The van der Waals surface area contributed by atoms with Gasteiger partial charge in [0.25, 0.3) is 0 Å². The molecule has 0 amide bonds. The van der Waals surface area contributed by atoms with Gasteiger partial charge >= 0.3 is 0 Å². The Kier molecular flexibility index (Phi) is 6.89. The Bertz CT molecular complexity index is 522. The van der Waals surface area contributed by atoms with E-state index < -0.39 is 6.10 Å². The van der Waals surface area contributed by atoms with E-state index in [1.54, 1.807) is 0 Å². The molecule has 1 fully saturated rings. The van der Waals surface area contributed by atoms with Gasteiger partial charge in [-0.15, -0.1) is 0 Å². The van der Waals surface area contributed by atoms with Gasteiger partial charge in [-0.05, 0) is 12.1 Å². The third-order valence-corrected chi connectivity index (χ3v) is 4.84. The van der Waals surface area contributed by atoms with E-state index in [4.69, 9.17) is 19.3 Å². The Morgan fingerprint density at radius 3 is 2.60 bits per heavy atom. The molecule has 4 N–H and O–H groups in total. The molecule has 7 heteroatoms. The fourth-order valence-corrected chi connectivity index (χ4v) is 3.44. The lowest BCUT2D eigenvalue weighted by Gasteiger charge is -2.30. The number of hydrogen-bond donors (Lipinski definition) is 4. The second-order valence-corrected chi connectivity index (χ2v) is 6.87. The summed E-state index contributed by atoms with van der Waals surface area (Å²) in [6, 6.07) is 7.61. The van der Waals surface area contributed by atoms with Crippen molar-refractivity contribution in [2.75, 3.05) is 65.7 Å². The van der Waals surface area contributed by atoms with Crippen LogP contribution in [0.15, 0.2) is 24.3 Å². The summed E-state index contributed by atoms with van der Waals surface area (Å²) in [5.74, 6) is 1.51. The fraction of sp³-hybridized carbons (Fsp3) is 0.667. The largest absolute Gasteiger partial charge is 0.486 e. The van der Waals surface area contributed by atoms with E-state index in [-0.39, 0.29) is 12.7 Å². The normalized spacial score (nSPS) is 27.0. The van der Waals surface area contributed by atoms with E-state index in [1.165, 1.54) is 9.80 Å². The van der Waals surface area contributed by atoms with Crippen LogP contribution < -0.4 is 19.3 Å². The van der Waals surface area contributed by atoms with E-state index in [1.807, 2.05) is 24.3 Å². The van der Waals surface area contributed by atoms with Crippen LogP contribution in [0.3, 0.4) is 0 Å². The third-order valence-electron chi connectivity index (χ3n) is 4.84. The van der Waals surface area contributed by atoms with Gasteiger partial charge in [0.15, 0.2) is 17.6 Å². The zero-order chi connectivity index (χ0) is 17.5. The van der Waals surface area contributed by atoms with Gasteiger partial charge in [0.05, 0.1) is 19.8 Å². The van der Waals surface area contributed by atoms with Crippen molar-refractivity contribution in [2.24, 2.45) is 0 Å². The number of aliphatic hydroxyl groups excluding tert-OH is 2. The van der Waals surface area contributed by atoms with E-state index in [2.05, 4.69) is 0 Å². The molecule has 2 aliphatic heterocycles. The lowest BCUT2D eigenvalue weighted by Crippen LogP contribution is -3.28. The predicted molar refractivity (Wildman–Crippen MR) is 91.4 cm³/mol. The van der Waals surface area contributed by atoms with Crippen LogP contribution in [0.1, 0.15) is 0 Å². The molecule has 0 radical (unpaired) electrons. The van der Waals surface area contributed by atoms with Crippen molar-refractivity contribution in [1.82, 2.24) is 0 Å². The van der Waals surface area contributed by atoms with Crippen LogP contribution in [-0.2, 0) is 4.74 Å². The first kappa shape index (κ1) is 18.4. The molecule has 2 heterocycles. The highest BCUT2D eigenvalue weighted by molar-refractivity contribution is 5.40. The minimum atomic E-state index is -0.466. The molecule has 25 heavy (non-hydrogen) atoms. The first-order chi connectivity index (χ1) is 12.2. The SMILES string of the molecule is OCC[NH+]1CC[NH+](CC(O)COCC2COc3ccccc3O2)CC1. The van der Waals surface area contributed by atoms with Gasteiger partial charge in [-0.3, -0.25) is 0 Å². The van der Waals surface area contributed by atoms with Crippen LogP contribution in [0.4, 0.5) is 0 Å². The zero-order valence-corrected chi connectivity index (χ0v) is 14.7. The summed E-state index contributed by atoms with van der Waals surface area (Å²) >= 11 is 0. The molecule has 0 bridgehead atoms. The molecule has 1 aromatic carbocycles. The second kappa shape index (κ2) is 9.35. The number of para-hydroxylation sites is 2. The summed E-state index contributed by atoms with van der Waals surface area (Å²) in [5.41, 5.74) is 0. The van der Waals surface area contributed by atoms with Crippen LogP contribution in [0.5, 0.6) is 11.5 Å². The molecule has 7 nitrogen and oxygen atoms in total.